The van der Waals surface area contributed by atoms with Gasteiger partial charge in [0.15, 0.2) is 11.6 Å². The van der Waals surface area contributed by atoms with Crippen LogP contribution in [0, 0.1) is 11.6 Å². The molecule has 10 nitrogen and oxygen atoms in total. The van der Waals surface area contributed by atoms with Gasteiger partial charge in [-0.3, -0.25) is 10.2 Å². The summed E-state index contributed by atoms with van der Waals surface area (Å²) in [4.78, 5) is 38.6. The Morgan fingerprint density at radius 1 is 1.19 bits per heavy atom. The average Bonchev–Trinajstić information content (AvgIpc) is 3.41. The number of urea groups is 1. The number of carbonyl (C=O) groups is 2. The van der Waals surface area contributed by atoms with E-state index in [9.17, 15) is 18.4 Å². The Bertz CT molecular complexity index is 1500. The van der Waals surface area contributed by atoms with E-state index in [1.165, 1.54) is 6.07 Å². The van der Waals surface area contributed by atoms with Crippen LogP contribution in [0.2, 0.25) is 0 Å². The summed E-state index contributed by atoms with van der Waals surface area (Å²) < 4.78 is 36.2. The second kappa shape index (κ2) is 11.9. The highest BCUT2D eigenvalue weighted by atomic mass is 19.2. The van der Waals surface area contributed by atoms with Crippen molar-refractivity contribution < 1.29 is 23.1 Å². The summed E-state index contributed by atoms with van der Waals surface area (Å²) in [5, 5.41) is 5.80. The van der Waals surface area contributed by atoms with Gasteiger partial charge in [0.25, 0.3) is 0 Å². The van der Waals surface area contributed by atoms with Crippen molar-refractivity contribution in [2.45, 2.75) is 70.2 Å². The number of likely N-dealkylation sites (tertiary alicyclic amines) is 1. The molecule has 2 aromatic heterocycles. The van der Waals surface area contributed by atoms with Gasteiger partial charge in [0.2, 0.25) is 0 Å². The van der Waals surface area contributed by atoms with Gasteiger partial charge in [-0.1, -0.05) is 19.1 Å². The summed E-state index contributed by atoms with van der Waals surface area (Å²) in [5.41, 5.74) is 0.739. The van der Waals surface area contributed by atoms with Gasteiger partial charge in [-0.2, -0.15) is 0 Å². The predicted molar refractivity (Wildman–Crippen MR) is 157 cm³/mol. The van der Waals surface area contributed by atoms with E-state index in [0.717, 1.165) is 17.3 Å². The van der Waals surface area contributed by atoms with Gasteiger partial charge in [-0.05, 0) is 64.5 Å². The monoisotopic (exact) mass is 595 g/mol. The maximum absolute atomic E-state index is 14.5. The zero-order valence-corrected chi connectivity index (χ0v) is 25.3. The lowest BCUT2D eigenvalue weighted by Gasteiger charge is -2.43. The summed E-state index contributed by atoms with van der Waals surface area (Å²) in [6, 6.07) is 7.24. The van der Waals surface area contributed by atoms with Gasteiger partial charge in [-0.25, -0.2) is 28.3 Å². The Hall–Kier alpha value is -4.06. The number of aromatic nitrogens is 3. The fourth-order valence-electron chi connectivity index (χ4n) is 5.85. The van der Waals surface area contributed by atoms with E-state index in [2.05, 4.69) is 34.4 Å². The minimum Gasteiger partial charge on any atom is -0.437 e. The number of hydrogen-bond acceptors (Lipinski definition) is 6. The Kier molecular flexibility index (Phi) is 8.42. The molecule has 1 aromatic carbocycles. The summed E-state index contributed by atoms with van der Waals surface area (Å²) in [7, 11) is 3.94. The molecule has 1 saturated heterocycles. The van der Waals surface area contributed by atoms with Gasteiger partial charge < -0.3 is 19.5 Å². The van der Waals surface area contributed by atoms with Crippen LogP contribution in [0.4, 0.5) is 24.2 Å². The molecule has 0 radical (unpaired) electrons. The fraction of sp³-hybridized carbons (Fsp3) is 0.484. The number of benzene rings is 1. The number of hydrogen-bond donors (Lipinski definition) is 2. The van der Waals surface area contributed by atoms with Crippen LogP contribution in [0.1, 0.15) is 68.7 Å². The van der Waals surface area contributed by atoms with Gasteiger partial charge >= 0.3 is 12.1 Å². The number of halogens is 2. The fourth-order valence-corrected chi connectivity index (χ4v) is 5.85. The summed E-state index contributed by atoms with van der Waals surface area (Å²) in [6.45, 7) is 7.23. The Labute approximate surface area is 250 Å². The number of fused-ring (bicyclic) bond motifs is 2. The number of aryl methyl sites for hydroxylation is 1. The highest BCUT2D eigenvalue weighted by Crippen LogP contribution is 2.42. The smallest absolute Gasteiger partial charge is 0.413 e. The van der Waals surface area contributed by atoms with Crippen LogP contribution in [0.25, 0.3) is 0 Å². The lowest BCUT2D eigenvalue weighted by Crippen LogP contribution is -2.52. The maximum Gasteiger partial charge on any atom is 0.413 e. The van der Waals surface area contributed by atoms with Crippen molar-refractivity contribution in [3.8, 4) is 0 Å². The maximum atomic E-state index is 14.5. The molecule has 0 bridgehead atoms. The van der Waals surface area contributed by atoms with E-state index in [-0.39, 0.29) is 18.0 Å². The van der Waals surface area contributed by atoms with E-state index in [1.807, 2.05) is 37.7 Å². The third-order valence-electron chi connectivity index (χ3n) is 8.95. The summed E-state index contributed by atoms with van der Waals surface area (Å²) in [5.74, 6) is -0.584. The molecular weight excluding hydrogens is 556 g/mol. The third kappa shape index (κ3) is 5.80. The largest absolute Gasteiger partial charge is 0.437 e. The summed E-state index contributed by atoms with van der Waals surface area (Å²) >= 11 is 0. The summed E-state index contributed by atoms with van der Waals surface area (Å²) in [6.07, 6.45) is 4.58. The van der Waals surface area contributed by atoms with Gasteiger partial charge in [0.1, 0.15) is 17.2 Å². The number of nitrogens with zero attached hydrogens (tertiary/aromatic N) is 5. The first kappa shape index (κ1) is 30.4. The Morgan fingerprint density at radius 2 is 1.93 bits per heavy atom. The second-order valence-electron chi connectivity index (χ2n) is 11.9. The molecule has 0 aliphatic carbocycles. The minimum absolute atomic E-state index is 0.243. The second-order valence-corrected chi connectivity index (χ2v) is 11.9. The molecule has 2 aliphatic heterocycles. The number of rotatable bonds is 8. The highest BCUT2D eigenvalue weighted by Gasteiger charge is 2.46. The standard InChI is InChI=1S/C31H39F2N7O3/c1-6-23(36-28(41)39-17-13-31(14-18-39)21-10-8-15-34-26(21)37-29(42)43-31)27-35-19-24(30(2,3)38(4)5)40(27)16-12-20-9-7-11-22(32)25(20)33/h7-11,15,19,23H,6,12-14,16-18H2,1-5H3,(H,36,41)(H,34,37,42)/t23-/m1/s1. The molecule has 3 aromatic rings. The van der Waals surface area contributed by atoms with Crippen molar-refractivity contribution in [2.75, 3.05) is 32.5 Å². The third-order valence-corrected chi connectivity index (χ3v) is 8.95. The molecule has 1 atom stereocenters. The van der Waals surface area contributed by atoms with Gasteiger partial charge in [-0.15, -0.1) is 0 Å². The number of anilines is 1. The van der Waals surface area contributed by atoms with Crippen molar-refractivity contribution in [1.29, 1.82) is 0 Å². The number of imidazole rings is 1. The van der Waals surface area contributed by atoms with Crippen molar-refractivity contribution in [3.63, 3.8) is 0 Å². The van der Waals surface area contributed by atoms with Crippen molar-refractivity contribution in [3.05, 3.63) is 77.0 Å². The minimum atomic E-state index is -0.877. The van der Waals surface area contributed by atoms with Gasteiger partial charge in [0.05, 0.1) is 23.5 Å². The number of ether oxygens (including phenoxy) is 1. The normalized spacial score (nSPS) is 16.9. The number of piperidine rings is 1. The topological polar surface area (TPSA) is 105 Å². The molecule has 0 unspecified atom stereocenters. The first-order valence-electron chi connectivity index (χ1n) is 14.6. The lowest BCUT2D eigenvalue weighted by atomic mass is 9.83. The van der Waals surface area contributed by atoms with E-state index < -0.39 is 34.9 Å². The molecule has 2 N–H and O–H groups in total. The van der Waals surface area contributed by atoms with Crippen molar-refractivity contribution in [2.24, 2.45) is 0 Å². The molecule has 5 rings (SSSR count). The molecule has 12 heteroatoms. The van der Waals surface area contributed by atoms with E-state index in [1.54, 1.807) is 23.4 Å². The van der Waals surface area contributed by atoms with Crippen LogP contribution in [0.5, 0.6) is 0 Å². The van der Waals surface area contributed by atoms with Crippen LogP contribution in [-0.2, 0) is 28.8 Å². The first-order valence-corrected chi connectivity index (χ1v) is 14.6. The average molecular weight is 596 g/mol. The molecule has 43 heavy (non-hydrogen) atoms. The molecule has 3 amide bonds. The molecule has 4 heterocycles. The molecule has 230 valence electrons. The van der Waals surface area contributed by atoms with Crippen molar-refractivity contribution in [1.82, 2.24) is 29.7 Å². The quantitative estimate of drug-likeness (QED) is 0.366. The molecular formula is C31H39F2N7O3. The van der Waals surface area contributed by atoms with Crippen LogP contribution < -0.4 is 10.6 Å². The van der Waals surface area contributed by atoms with Crippen LogP contribution in [-0.4, -0.2) is 63.6 Å². The SMILES string of the molecule is CC[C@@H](NC(=O)N1CCC2(CC1)OC(=O)Nc1ncccc12)c1ncc(C(C)(C)N(C)C)n1CCc1cccc(F)c1F. The van der Waals surface area contributed by atoms with E-state index in [4.69, 9.17) is 9.72 Å². The molecule has 1 spiro atoms. The predicted octanol–water partition coefficient (Wildman–Crippen LogP) is 5.31. The zero-order valence-electron chi connectivity index (χ0n) is 25.3. The number of pyridine rings is 1. The molecule has 2 aliphatic rings. The zero-order chi connectivity index (χ0) is 30.9. The van der Waals surface area contributed by atoms with E-state index >= 15 is 0 Å². The molecule has 1 fully saturated rings. The Morgan fingerprint density at radius 3 is 2.63 bits per heavy atom. The van der Waals surface area contributed by atoms with Crippen LogP contribution in [0.3, 0.4) is 0 Å². The highest BCUT2D eigenvalue weighted by molar-refractivity contribution is 5.87. The lowest BCUT2D eigenvalue weighted by molar-refractivity contribution is -0.0308. The van der Waals surface area contributed by atoms with Crippen LogP contribution >= 0.6 is 0 Å². The van der Waals surface area contributed by atoms with Crippen molar-refractivity contribution >= 4 is 17.9 Å². The molecule has 0 saturated carbocycles. The Balaban J connectivity index is 1.35. The number of nitrogens with one attached hydrogen (secondary N) is 2. The van der Waals surface area contributed by atoms with Crippen LogP contribution in [0.15, 0.2) is 42.7 Å². The first-order chi connectivity index (χ1) is 20.5. The number of amides is 3. The number of carbonyl (C=O) groups excluding carboxylic acids is 2. The van der Waals surface area contributed by atoms with E-state index in [0.29, 0.717) is 50.5 Å². The van der Waals surface area contributed by atoms with Gasteiger partial charge in [0, 0.05) is 44.2 Å².